The number of hydrogen-bond acceptors (Lipinski definition) is 7. The molecule has 2 rings (SSSR count). The van der Waals surface area contributed by atoms with Gasteiger partial charge in [-0.15, -0.1) is 0 Å². The molecular formula is C12H6BrClN4O6. The summed E-state index contributed by atoms with van der Waals surface area (Å²) < 4.78 is 0.630. The number of benzene rings is 2. The topological polar surface area (TPSA) is 141 Å². The molecular weight excluding hydrogens is 412 g/mol. The SMILES string of the molecule is O=[N+]([O-])c1cc([N+](=O)[O-])c(Nc2ccc(Br)cc2Cl)c([N+](=O)[O-])c1. The number of halogens is 2. The predicted octanol–water partition coefficient (Wildman–Crippen LogP) is 4.57. The number of non-ortho nitro benzene ring substituents is 1. The number of nitro groups is 3. The molecule has 0 radical (unpaired) electrons. The van der Waals surface area contributed by atoms with Gasteiger partial charge in [0.2, 0.25) is 0 Å². The summed E-state index contributed by atoms with van der Waals surface area (Å²) >= 11 is 9.16. The van der Waals surface area contributed by atoms with Crippen molar-refractivity contribution in [2.24, 2.45) is 0 Å². The highest BCUT2D eigenvalue weighted by Gasteiger charge is 2.31. The van der Waals surface area contributed by atoms with Crippen LogP contribution in [0.2, 0.25) is 5.02 Å². The molecule has 0 aliphatic carbocycles. The van der Waals surface area contributed by atoms with Gasteiger partial charge in [-0.25, -0.2) is 0 Å². The van der Waals surface area contributed by atoms with Gasteiger partial charge >= 0.3 is 11.4 Å². The molecule has 0 atom stereocenters. The van der Waals surface area contributed by atoms with Crippen LogP contribution in [0.5, 0.6) is 0 Å². The van der Waals surface area contributed by atoms with Crippen LogP contribution in [0.15, 0.2) is 34.8 Å². The Balaban J connectivity index is 2.68. The van der Waals surface area contributed by atoms with Crippen molar-refractivity contribution in [2.45, 2.75) is 0 Å². The second-order valence-corrected chi connectivity index (χ2v) is 5.70. The van der Waals surface area contributed by atoms with E-state index < -0.39 is 37.5 Å². The standard InChI is InChI=1S/C12H6BrClN4O6/c13-6-1-2-9(8(14)3-6)15-12-10(17(21)22)4-7(16(19)20)5-11(12)18(23)24/h1-5,15H. The Morgan fingerprint density at radius 3 is 1.88 bits per heavy atom. The summed E-state index contributed by atoms with van der Waals surface area (Å²) in [5.74, 6) is 0. The monoisotopic (exact) mass is 416 g/mol. The molecule has 124 valence electrons. The molecule has 0 aliphatic rings. The number of nitro benzene ring substituents is 3. The maximum Gasteiger partial charge on any atom is 0.306 e. The van der Waals surface area contributed by atoms with Gasteiger partial charge in [0, 0.05) is 4.47 Å². The van der Waals surface area contributed by atoms with Crippen molar-refractivity contribution in [2.75, 3.05) is 5.32 Å². The number of nitrogens with zero attached hydrogens (tertiary/aromatic N) is 3. The van der Waals surface area contributed by atoms with Gasteiger partial charge in [0.15, 0.2) is 5.69 Å². The van der Waals surface area contributed by atoms with E-state index in [1.807, 2.05) is 0 Å². The van der Waals surface area contributed by atoms with Crippen molar-refractivity contribution in [3.05, 3.63) is 70.2 Å². The van der Waals surface area contributed by atoms with E-state index in [-0.39, 0.29) is 10.7 Å². The van der Waals surface area contributed by atoms with Crippen LogP contribution in [0.3, 0.4) is 0 Å². The van der Waals surface area contributed by atoms with Crippen molar-refractivity contribution in [3.63, 3.8) is 0 Å². The average molecular weight is 418 g/mol. The zero-order valence-electron chi connectivity index (χ0n) is 11.4. The van der Waals surface area contributed by atoms with Gasteiger partial charge in [0.25, 0.3) is 5.69 Å². The van der Waals surface area contributed by atoms with Gasteiger partial charge in [0.1, 0.15) is 0 Å². The van der Waals surface area contributed by atoms with Crippen LogP contribution in [0.4, 0.5) is 28.4 Å². The summed E-state index contributed by atoms with van der Waals surface area (Å²) in [5.41, 5.74) is -2.72. The predicted molar refractivity (Wildman–Crippen MR) is 88.8 cm³/mol. The van der Waals surface area contributed by atoms with Crippen molar-refractivity contribution in [3.8, 4) is 0 Å². The first-order valence-corrected chi connectivity index (χ1v) is 7.21. The molecule has 0 saturated carbocycles. The molecule has 10 nitrogen and oxygen atoms in total. The smallest absolute Gasteiger partial charge is 0.306 e. The van der Waals surface area contributed by atoms with Crippen LogP contribution in [-0.2, 0) is 0 Å². The van der Waals surface area contributed by atoms with Crippen LogP contribution in [-0.4, -0.2) is 14.8 Å². The quantitative estimate of drug-likeness (QED) is 0.554. The minimum atomic E-state index is -0.949. The number of rotatable bonds is 5. The van der Waals surface area contributed by atoms with Crippen LogP contribution >= 0.6 is 27.5 Å². The average Bonchev–Trinajstić information content (AvgIpc) is 2.49. The molecule has 0 fully saturated rings. The van der Waals surface area contributed by atoms with Gasteiger partial charge in [-0.1, -0.05) is 27.5 Å². The van der Waals surface area contributed by atoms with E-state index in [4.69, 9.17) is 11.6 Å². The first kappa shape index (κ1) is 17.6. The van der Waals surface area contributed by atoms with E-state index in [0.717, 1.165) is 0 Å². The van der Waals surface area contributed by atoms with Gasteiger partial charge < -0.3 is 5.32 Å². The first-order valence-electron chi connectivity index (χ1n) is 6.04. The summed E-state index contributed by atoms with van der Waals surface area (Å²) in [4.78, 5) is 30.3. The minimum Gasteiger partial charge on any atom is -0.343 e. The minimum absolute atomic E-state index is 0.145. The normalized spacial score (nSPS) is 10.2. The number of anilines is 2. The second kappa shape index (κ2) is 6.76. The molecule has 0 amide bonds. The van der Waals surface area contributed by atoms with Crippen LogP contribution < -0.4 is 5.32 Å². The third-order valence-electron chi connectivity index (χ3n) is 2.88. The Morgan fingerprint density at radius 1 is 0.917 bits per heavy atom. The van der Waals surface area contributed by atoms with Crippen LogP contribution in [0.1, 0.15) is 0 Å². The lowest BCUT2D eigenvalue weighted by Crippen LogP contribution is -2.03. The summed E-state index contributed by atoms with van der Waals surface area (Å²) in [6.45, 7) is 0. The zero-order valence-corrected chi connectivity index (χ0v) is 13.8. The molecule has 2 aromatic carbocycles. The Hall–Kier alpha value is -2.79. The van der Waals surface area contributed by atoms with E-state index in [0.29, 0.717) is 16.6 Å². The Kier molecular flexibility index (Phi) is 4.95. The molecule has 0 bridgehead atoms. The summed E-state index contributed by atoms with van der Waals surface area (Å²) in [5, 5.41) is 35.8. The Morgan fingerprint density at radius 2 is 1.46 bits per heavy atom. The molecule has 0 spiro atoms. The highest BCUT2D eigenvalue weighted by Crippen LogP contribution is 2.41. The maximum atomic E-state index is 11.2. The molecule has 2 aromatic rings. The molecule has 0 aromatic heterocycles. The Labute approximate surface area is 146 Å². The van der Waals surface area contributed by atoms with Crippen molar-refractivity contribution in [1.29, 1.82) is 0 Å². The second-order valence-electron chi connectivity index (χ2n) is 4.38. The molecule has 0 saturated heterocycles. The van der Waals surface area contributed by atoms with Crippen LogP contribution in [0.25, 0.3) is 0 Å². The highest BCUT2D eigenvalue weighted by atomic mass is 79.9. The van der Waals surface area contributed by atoms with Gasteiger partial charge in [-0.2, -0.15) is 0 Å². The van der Waals surface area contributed by atoms with Gasteiger partial charge in [-0.05, 0) is 18.2 Å². The lowest BCUT2D eigenvalue weighted by molar-refractivity contribution is -0.401. The third kappa shape index (κ3) is 3.58. The molecule has 0 unspecified atom stereocenters. The largest absolute Gasteiger partial charge is 0.343 e. The van der Waals surface area contributed by atoms with Gasteiger partial charge in [0.05, 0.1) is 37.6 Å². The van der Waals surface area contributed by atoms with Crippen molar-refractivity contribution >= 4 is 56.0 Å². The lowest BCUT2D eigenvalue weighted by Gasteiger charge is -2.09. The van der Waals surface area contributed by atoms with Crippen molar-refractivity contribution < 1.29 is 14.8 Å². The molecule has 0 aliphatic heterocycles. The molecule has 24 heavy (non-hydrogen) atoms. The number of nitrogens with one attached hydrogen (secondary N) is 1. The first-order chi connectivity index (χ1) is 11.2. The lowest BCUT2D eigenvalue weighted by atomic mass is 10.2. The zero-order chi connectivity index (χ0) is 18.0. The third-order valence-corrected chi connectivity index (χ3v) is 3.68. The highest BCUT2D eigenvalue weighted by molar-refractivity contribution is 9.10. The molecule has 0 heterocycles. The van der Waals surface area contributed by atoms with E-state index in [1.165, 1.54) is 12.1 Å². The Bertz CT molecular complexity index is 840. The molecule has 12 heteroatoms. The fourth-order valence-electron chi connectivity index (χ4n) is 1.84. The van der Waals surface area contributed by atoms with Gasteiger partial charge in [-0.3, -0.25) is 30.3 Å². The fraction of sp³-hybridized carbons (Fsp3) is 0. The van der Waals surface area contributed by atoms with Crippen molar-refractivity contribution in [1.82, 2.24) is 0 Å². The van der Waals surface area contributed by atoms with E-state index in [1.54, 1.807) is 6.07 Å². The summed E-state index contributed by atoms with van der Waals surface area (Å²) in [7, 11) is 0. The molecule has 1 N–H and O–H groups in total. The van der Waals surface area contributed by atoms with E-state index >= 15 is 0 Å². The van der Waals surface area contributed by atoms with E-state index in [9.17, 15) is 30.3 Å². The van der Waals surface area contributed by atoms with E-state index in [2.05, 4.69) is 21.2 Å². The summed E-state index contributed by atoms with van der Waals surface area (Å²) in [6.07, 6.45) is 0. The van der Waals surface area contributed by atoms with Crippen LogP contribution in [0, 0.1) is 30.3 Å². The number of hydrogen-bond donors (Lipinski definition) is 1. The fourth-order valence-corrected chi connectivity index (χ4v) is 2.57. The maximum absolute atomic E-state index is 11.2. The summed E-state index contributed by atoms with van der Waals surface area (Å²) in [6, 6.07) is 5.77.